The van der Waals surface area contributed by atoms with Gasteiger partial charge in [0, 0.05) is 17.7 Å². The van der Waals surface area contributed by atoms with Gasteiger partial charge < -0.3 is 24.3 Å². The predicted molar refractivity (Wildman–Crippen MR) is 113 cm³/mol. The minimum absolute atomic E-state index is 0.105. The third kappa shape index (κ3) is 3.52. The molecule has 0 fully saturated rings. The van der Waals surface area contributed by atoms with Gasteiger partial charge in [0.05, 0.1) is 27.2 Å². The average Bonchev–Trinajstić information content (AvgIpc) is 2.80. The molecular formula is C24H23NO5. The average molecular weight is 405 g/mol. The van der Waals surface area contributed by atoms with E-state index >= 15 is 0 Å². The SMILES string of the molecule is COc1cc(CNC(=O)C2c3ccccc3Oc3ccccc32)cc(OC)c1OC. The topological polar surface area (TPSA) is 66.0 Å². The van der Waals surface area contributed by atoms with Gasteiger partial charge in [0.25, 0.3) is 0 Å². The van der Waals surface area contributed by atoms with Gasteiger partial charge in [-0.1, -0.05) is 36.4 Å². The molecule has 0 bridgehead atoms. The van der Waals surface area contributed by atoms with E-state index in [0.717, 1.165) is 16.7 Å². The van der Waals surface area contributed by atoms with E-state index in [0.29, 0.717) is 35.3 Å². The molecule has 1 amide bonds. The molecule has 3 aromatic rings. The van der Waals surface area contributed by atoms with Crippen LogP contribution in [0.1, 0.15) is 22.6 Å². The lowest BCUT2D eigenvalue weighted by Gasteiger charge is -2.27. The van der Waals surface area contributed by atoms with Crippen LogP contribution in [-0.4, -0.2) is 27.2 Å². The Labute approximate surface area is 175 Å². The van der Waals surface area contributed by atoms with Gasteiger partial charge in [-0.05, 0) is 29.8 Å². The molecule has 0 aromatic heterocycles. The molecule has 0 aliphatic carbocycles. The van der Waals surface area contributed by atoms with Crippen molar-refractivity contribution in [3.05, 3.63) is 77.4 Å². The van der Waals surface area contributed by atoms with Crippen LogP contribution in [0, 0.1) is 0 Å². The van der Waals surface area contributed by atoms with E-state index in [1.165, 1.54) is 0 Å². The lowest BCUT2D eigenvalue weighted by atomic mass is 9.87. The molecule has 154 valence electrons. The minimum atomic E-state index is -0.451. The van der Waals surface area contributed by atoms with Crippen LogP contribution in [0.4, 0.5) is 0 Å². The van der Waals surface area contributed by atoms with E-state index in [1.54, 1.807) is 21.3 Å². The summed E-state index contributed by atoms with van der Waals surface area (Å²) in [5, 5.41) is 3.04. The van der Waals surface area contributed by atoms with Crippen LogP contribution >= 0.6 is 0 Å². The molecule has 0 saturated heterocycles. The van der Waals surface area contributed by atoms with Crippen LogP contribution in [0.2, 0.25) is 0 Å². The molecule has 0 atom stereocenters. The third-order valence-electron chi connectivity index (χ3n) is 5.13. The van der Waals surface area contributed by atoms with Crippen LogP contribution in [0.15, 0.2) is 60.7 Å². The van der Waals surface area contributed by atoms with Crippen molar-refractivity contribution in [2.45, 2.75) is 12.5 Å². The summed E-state index contributed by atoms with van der Waals surface area (Å²) in [6, 6.07) is 18.9. The summed E-state index contributed by atoms with van der Waals surface area (Å²) >= 11 is 0. The number of benzene rings is 3. The summed E-state index contributed by atoms with van der Waals surface area (Å²) in [5.74, 6) is 2.45. The van der Waals surface area contributed by atoms with E-state index in [4.69, 9.17) is 18.9 Å². The number of carbonyl (C=O) groups is 1. The van der Waals surface area contributed by atoms with Crippen LogP contribution in [-0.2, 0) is 11.3 Å². The fourth-order valence-electron chi connectivity index (χ4n) is 3.72. The first-order valence-corrected chi connectivity index (χ1v) is 9.58. The molecule has 1 aliphatic rings. The highest BCUT2D eigenvalue weighted by molar-refractivity contribution is 5.89. The second kappa shape index (κ2) is 8.37. The number of hydrogen-bond donors (Lipinski definition) is 1. The summed E-state index contributed by atoms with van der Waals surface area (Å²) in [6.45, 7) is 0.317. The molecule has 6 nitrogen and oxygen atoms in total. The molecule has 1 aliphatic heterocycles. The lowest BCUT2D eigenvalue weighted by Crippen LogP contribution is -2.31. The molecule has 0 spiro atoms. The number of amides is 1. The van der Waals surface area contributed by atoms with Crippen LogP contribution in [0.3, 0.4) is 0 Å². The van der Waals surface area contributed by atoms with Crippen molar-refractivity contribution in [3.8, 4) is 28.7 Å². The number of hydrogen-bond acceptors (Lipinski definition) is 5. The van der Waals surface area contributed by atoms with Crippen molar-refractivity contribution >= 4 is 5.91 Å². The minimum Gasteiger partial charge on any atom is -0.493 e. The standard InChI is InChI=1S/C24H23NO5/c1-27-20-12-15(13-21(28-2)23(20)29-3)14-25-24(26)22-16-8-4-6-10-18(16)30-19-11-7-5-9-17(19)22/h4-13,22H,14H2,1-3H3,(H,25,26). The maximum Gasteiger partial charge on any atom is 0.232 e. The normalized spacial score (nSPS) is 12.2. The van der Waals surface area contributed by atoms with E-state index < -0.39 is 5.92 Å². The molecule has 30 heavy (non-hydrogen) atoms. The molecule has 1 N–H and O–H groups in total. The summed E-state index contributed by atoms with van der Waals surface area (Å²) in [4.78, 5) is 13.3. The highest BCUT2D eigenvalue weighted by Crippen LogP contribution is 2.44. The Morgan fingerprint density at radius 3 is 1.90 bits per heavy atom. The quantitative estimate of drug-likeness (QED) is 0.664. The molecule has 1 heterocycles. The highest BCUT2D eigenvalue weighted by Gasteiger charge is 2.32. The van der Waals surface area contributed by atoms with Crippen LogP contribution in [0.25, 0.3) is 0 Å². The number of fused-ring (bicyclic) bond motifs is 2. The smallest absolute Gasteiger partial charge is 0.232 e. The fraction of sp³-hybridized carbons (Fsp3) is 0.208. The van der Waals surface area contributed by atoms with Crippen molar-refractivity contribution in [2.75, 3.05) is 21.3 Å². The largest absolute Gasteiger partial charge is 0.493 e. The predicted octanol–water partition coefficient (Wildman–Crippen LogP) is 4.27. The Kier molecular flexibility index (Phi) is 5.48. The van der Waals surface area contributed by atoms with Gasteiger partial charge in [0.15, 0.2) is 11.5 Å². The van der Waals surface area contributed by atoms with Crippen LogP contribution in [0.5, 0.6) is 28.7 Å². The Bertz CT molecular complexity index is 1010. The number of carbonyl (C=O) groups excluding carboxylic acids is 1. The zero-order chi connectivity index (χ0) is 21.1. The zero-order valence-electron chi connectivity index (χ0n) is 17.1. The molecule has 0 radical (unpaired) electrons. The number of rotatable bonds is 6. The number of para-hydroxylation sites is 2. The fourth-order valence-corrected chi connectivity index (χ4v) is 3.72. The first kappa shape index (κ1) is 19.6. The third-order valence-corrected chi connectivity index (χ3v) is 5.13. The molecule has 0 unspecified atom stereocenters. The Morgan fingerprint density at radius 1 is 0.867 bits per heavy atom. The molecule has 6 heteroatoms. The maximum atomic E-state index is 13.3. The maximum absolute atomic E-state index is 13.3. The number of methoxy groups -OCH3 is 3. The van der Waals surface area contributed by atoms with E-state index in [2.05, 4.69) is 5.32 Å². The van der Waals surface area contributed by atoms with E-state index in [-0.39, 0.29) is 5.91 Å². The Balaban J connectivity index is 1.61. The van der Waals surface area contributed by atoms with Crippen LogP contribution < -0.4 is 24.3 Å². The van der Waals surface area contributed by atoms with E-state index in [9.17, 15) is 4.79 Å². The summed E-state index contributed by atoms with van der Waals surface area (Å²) in [7, 11) is 4.69. The van der Waals surface area contributed by atoms with Gasteiger partial charge in [-0.15, -0.1) is 0 Å². The van der Waals surface area contributed by atoms with Gasteiger partial charge in [-0.2, -0.15) is 0 Å². The van der Waals surface area contributed by atoms with Gasteiger partial charge in [-0.25, -0.2) is 0 Å². The summed E-state index contributed by atoms with van der Waals surface area (Å²) in [5.41, 5.74) is 2.53. The summed E-state index contributed by atoms with van der Waals surface area (Å²) in [6.07, 6.45) is 0. The van der Waals surface area contributed by atoms with Gasteiger partial charge in [-0.3, -0.25) is 4.79 Å². The number of nitrogens with one attached hydrogen (secondary N) is 1. The molecule has 4 rings (SSSR count). The van der Waals surface area contributed by atoms with Gasteiger partial charge in [0.2, 0.25) is 11.7 Å². The first-order chi connectivity index (χ1) is 14.7. The second-order valence-corrected chi connectivity index (χ2v) is 6.86. The molecular weight excluding hydrogens is 382 g/mol. The van der Waals surface area contributed by atoms with Crippen molar-refractivity contribution < 1.29 is 23.7 Å². The van der Waals surface area contributed by atoms with Gasteiger partial charge in [0.1, 0.15) is 11.5 Å². The second-order valence-electron chi connectivity index (χ2n) is 6.86. The van der Waals surface area contributed by atoms with E-state index in [1.807, 2.05) is 60.7 Å². The first-order valence-electron chi connectivity index (χ1n) is 9.58. The van der Waals surface area contributed by atoms with Crippen molar-refractivity contribution in [1.29, 1.82) is 0 Å². The van der Waals surface area contributed by atoms with Crippen molar-refractivity contribution in [1.82, 2.24) is 5.32 Å². The molecule has 3 aromatic carbocycles. The van der Waals surface area contributed by atoms with Crippen molar-refractivity contribution in [3.63, 3.8) is 0 Å². The molecule has 0 saturated carbocycles. The Morgan fingerprint density at radius 2 is 1.40 bits per heavy atom. The van der Waals surface area contributed by atoms with Gasteiger partial charge >= 0.3 is 0 Å². The van der Waals surface area contributed by atoms with Crippen molar-refractivity contribution in [2.24, 2.45) is 0 Å². The Hall–Kier alpha value is -3.67. The summed E-state index contributed by atoms with van der Waals surface area (Å²) < 4.78 is 22.1. The number of ether oxygens (including phenoxy) is 4. The lowest BCUT2D eigenvalue weighted by molar-refractivity contribution is -0.122. The zero-order valence-corrected chi connectivity index (χ0v) is 17.1. The highest BCUT2D eigenvalue weighted by atomic mass is 16.5. The monoisotopic (exact) mass is 405 g/mol.